The first kappa shape index (κ1) is 15.3. The number of nitrogens with zero attached hydrogens (tertiary/aromatic N) is 1. The number of aryl methyl sites for hydroxylation is 1. The van der Waals surface area contributed by atoms with E-state index in [0.29, 0.717) is 32.0 Å². The molecule has 0 aromatic heterocycles. The third kappa shape index (κ3) is 2.84. The average Bonchev–Trinajstić information content (AvgIpc) is 2.42. The van der Waals surface area contributed by atoms with E-state index in [-0.39, 0.29) is 11.6 Å². The predicted molar refractivity (Wildman–Crippen MR) is 71.9 cm³/mol. The summed E-state index contributed by atoms with van der Waals surface area (Å²) in [5.74, 6) is -1.78. The van der Waals surface area contributed by atoms with E-state index in [2.05, 4.69) is 5.32 Å². The number of benzene rings is 1. The fourth-order valence-corrected chi connectivity index (χ4v) is 3.95. The molecule has 1 N–H and O–H groups in total. The van der Waals surface area contributed by atoms with E-state index in [9.17, 15) is 17.2 Å². The van der Waals surface area contributed by atoms with Crippen LogP contribution in [0.3, 0.4) is 0 Å². The number of piperidine rings is 1. The average molecular weight is 304 g/mol. The Morgan fingerprint density at radius 2 is 1.80 bits per heavy atom. The van der Waals surface area contributed by atoms with Crippen LogP contribution in [-0.4, -0.2) is 38.9 Å². The molecule has 1 fully saturated rings. The number of hydrogen-bond donors (Lipinski definition) is 1. The van der Waals surface area contributed by atoms with Gasteiger partial charge in [0.05, 0.1) is 0 Å². The molecule has 20 heavy (non-hydrogen) atoms. The fraction of sp³-hybridized carbons (Fsp3) is 0.538. The van der Waals surface area contributed by atoms with Crippen molar-refractivity contribution in [2.45, 2.75) is 30.7 Å². The molecule has 1 aromatic carbocycles. The highest BCUT2D eigenvalue weighted by Gasteiger charge is 2.31. The molecule has 1 heterocycles. The Hall–Kier alpha value is -1.05. The second-order valence-electron chi connectivity index (χ2n) is 5.00. The summed E-state index contributed by atoms with van der Waals surface area (Å²) in [7, 11) is -2.07. The lowest BCUT2D eigenvalue weighted by Gasteiger charge is -2.31. The summed E-state index contributed by atoms with van der Waals surface area (Å²) in [6, 6.07) is 1.97. The summed E-state index contributed by atoms with van der Waals surface area (Å²) >= 11 is 0. The smallest absolute Gasteiger partial charge is 0.245 e. The standard InChI is InChI=1S/C13H18F2N2O2S/c1-9-7-13(12(15)8-11(9)14)20(18,19)17-5-3-10(16-2)4-6-17/h7-8,10,16H,3-6H2,1-2H3. The quantitative estimate of drug-likeness (QED) is 0.924. The molecule has 4 nitrogen and oxygen atoms in total. The van der Waals surface area contributed by atoms with Crippen LogP contribution in [0.2, 0.25) is 0 Å². The van der Waals surface area contributed by atoms with E-state index >= 15 is 0 Å². The Balaban J connectivity index is 2.30. The highest BCUT2D eigenvalue weighted by Crippen LogP contribution is 2.25. The third-order valence-corrected chi connectivity index (χ3v) is 5.61. The van der Waals surface area contributed by atoms with E-state index in [4.69, 9.17) is 0 Å². The number of nitrogens with one attached hydrogen (secondary N) is 1. The summed E-state index contributed by atoms with van der Waals surface area (Å²) in [4.78, 5) is -0.445. The predicted octanol–water partition coefficient (Wildman–Crippen LogP) is 1.65. The van der Waals surface area contributed by atoms with Gasteiger partial charge < -0.3 is 5.32 Å². The lowest BCUT2D eigenvalue weighted by atomic mass is 10.1. The van der Waals surface area contributed by atoms with Crippen molar-refractivity contribution in [1.29, 1.82) is 0 Å². The van der Waals surface area contributed by atoms with Crippen molar-refractivity contribution in [3.05, 3.63) is 29.3 Å². The maximum atomic E-state index is 13.8. The van der Waals surface area contributed by atoms with E-state index in [0.717, 1.165) is 6.07 Å². The molecule has 1 aromatic rings. The molecule has 0 saturated carbocycles. The molecule has 7 heteroatoms. The maximum Gasteiger partial charge on any atom is 0.245 e. The van der Waals surface area contributed by atoms with Gasteiger partial charge in [0.1, 0.15) is 16.5 Å². The van der Waals surface area contributed by atoms with Crippen LogP contribution in [0.15, 0.2) is 17.0 Å². The molecule has 0 atom stereocenters. The van der Waals surface area contributed by atoms with Gasteiger partial charge in [-0.1, -0.05) is 0 Å². The highest BCUT2D eigenvalue weighted by molar-refractivity contribution is 7.89. The van der Waals surface area contributed by atoms with Crippen LogP contribution in [-0.2, 0) is 10.0 Å². The van der Waals surface area contributed by atoms with Crippen molar-refractivity contribution in [3.63, 3.8) is 0 Å². The molecule has 0 aliphatic carbocycles. The monoisotopic (exact) mass is 304 g/mol. The Kier molecular flexibility index (Phi) is 4.41. The summed E-state index contributed by atoms with van der Waals surface area (Å²) in [6.45, 7) is 2.09. The molecule has 0 bridgehead atoms. The molecular weight excluding hydrogens is 286 g/mol. The number of halogens is 2. The van der Waals surface area contributed by atoms with Crippen LogP contribution >= 0.6 is 0 Å². The van der Waals surface area contributed by atoms with Crippen LogP contribution in [0.5, 0.6) is 0 Å². The molecule has 0 amide bonds. The van der Waals surface area contributed by atoms with Crippen molar-refractivity contribution >= 4 is 10.0 Å². The van der Waals surface area contributed by atoms with Gasteiger partial charge in [-0.2, -0.15) is 4.31 Å². The van der Waals surface area contributed by atoms with Gasteiger partial charge in [0.15, 0.2) is 0 Å². The Morgan fingerprint density at radius 1 is 1.20 bits per heavy atom. The van der Waals surface area contributed by atoms with E-state index in [1.807, 2.05) is 7.05 Å². The van der Waals surface area contributed by atoms with Gasteiger partial charge in [0.2, 0.25) is 10.0 Å². The first-order valence-electron chi connectivity index (χ1n) is 6.49. The minimum atomic E-state index is -3.90. The first-order valence-corrected chi connectivity index (χ1v) is 7.93. The van der Waals surface area contributed by atoms with Gasteiger partial charge in [0, 0.05) is 25.2 Å². The Morgan fingerprint density at radius 3 is 2.35 bits per heavy atom. The van der Waals surface area contributed by atoms with Crippen molar-refractivity contribution in [3.8, 4) is 0 Å². The van der Waals surface area contributed by atoms with Crippen LogP contribution in [0.25, 0.3) is 0 Å². The molecule has 1 aliphatic rings. The van der Waals surface area contributed by atoms with E-state index < -0.39 is 26.6 Å². The Bertz CT molecular complexity index is 597. The molecule has 0 radical (unpaired) electrons. The number of hydrogen-bond acceptors (Lipinski definition) is 3. The van der Waals surface area contributed by atoms with Crippen molar-refractivity contribution in [2.24, 2.45) is 0 Å². The zero-order chi connectivity index (χ0) is 14.9. The van der Waals surface area contributed by atoms with Gasteiger partial charge in [-0.15, -0.1) is 0 Å². The van der Waals surface area contributed by atoms with E-state index in [1.165, 1.54) is 11.2 Å². The second kappa shape index (κ2) is 5.75. The van der Waals surface area contributed by atoms with Crippen molar-refractivity contribution in [2.75, 3.05) is 20.1 Å². The summed E-state index contributed by atoms with van der Waals surface area (Å²) < 4.78 is 53.1. The summed E-state index contributed by atoms with van der Waals surface area (Å²) in [5.41, 5.74) is 0.120. The van der Waals surface area contributed by atoms with Crippen LogP contribution < -0.4 is 5.32 Å². The van der Waals surface area contributed by atoms with Gasteiger partial charge in [-0.25, -0.2) is 17.2 Å². The maximum absolute atomic E-state index is 13.8. The van der Waals surface area contributed by atoms with Crippen molar-refractivity contribution in [1.82, 2.24) is 9.62 Å². The SMILES string of the molecule is CNC1CCN(S(=O)(=O)c2cc(C)c(F)cc2F)CC1. The van der Waals surface area contributed by atoms with Gasteiger partial charge >= 0.3 is 0 Å². The lowest BCUT2D eigenvalue weighted by Crippen LogP contribution is -2.44. The Labute approximate surface area is 117 Å². The van der Waals surface area contributed by atoms with Crippen LogP contribution in [0, 0.1) is 18.6 Å². The fourth-order valence-electron chi connectivity index (χ4n) is 2.35. The molecular formula is C13H18F2N2O2S. The minimum absolute atomic E-state index is 0.120. The van der Waals surface area contributed by atoms with Crippen molar-refractivity contribution < 1.29 is 17.2 Å². The topological polar surface area (TPSA) is 49.4 Å². The molecule has 112 valence electrons. The molecule has 0 unspecified atom stereocenters. The first-order chi connectivity index (χ1) is 9.36. The number of sulfonamides is 1. The molecule has 1 saturated heterocycles. The molecule has 2 rings (SSSR count). The molecule has 0 spiro atoms. The zero-order valence-corrected chi connectivity index (χ0v) is 12.3. The number of rotatable bonds is 3. The van der Waals surface area contributed by atoms with Gasteiger partial charge in [-0.3, -0.25) is 0 Å². The lowest BCUT2D eigenvalue weighted by molar-refractivity contribution is 0.297. The summed E-state index contributed by atoms with van der Waals surface area (Å²) in [5, 5.41) is 3.10. The van der Waals surface area contributed by atoms with Crippen LogP contribution in [0.1, 0.15) is 18.4 Å². The largest absolute Gasteiger partial charge is 0.317 e. The van der Waals surface area contributed by atoms with Crippen LogP contribution in [0.4, 0.5) is 8.78 Å². The second-order valence-corrected chi connectivity index (χ2v) is 6.91. The van der Waals surface area contributed by atoms with Gasteiger partial charge in [-0.05, 0) is 38.4 Å². The van der Waals surface area contributed by atoms with E-state index in [1.54, 1.807) is 0 Å². The molecule has 1 aliphatic heterocycles. The highest BCUT2D eigenvalue weighted by atomic mass is 32.2. The third-order valence-electron chi connectivity index (χ3n) is 3.69. The zero-order valence-electron chi connectivity index (χ0n) is 11.5. The summed E-state index contributed by atoms with van der Waals surface area (Å²) in [6.07, 6.45) is 1.36. The normalized spacial score (nSPS) is 18.4. The van der Waals surface area contributed by atoms with Gasteiger partial charge in [0.25, 0.3) is 0 Å². The minimum Gasteiger partial charge on any atom is -0.317 e.